The van der Waals surface area contributed by atoms with Crippen molar-refractivity contribution in [2.45, 2.75) is 19.8 Å². The molecular weight excluding hydrogens is 262 g/mol. The third-order valence-corrected chi connectivity index (χ3v) is 4.47. The van der Waals surface area contributed by atoms with Gasteiger partial charge in [0.05, 0.1) is 7.11 Å². The predicted octanol–water partition coefficient (Wildman–Crippen LogP) is 3.05. The summed E-state index contributed by atoms with van der Waals surface area (Å²) in [5.41, 5.74) is 0.341. The fourth-order valence-corrected chi connectivity index (χ4v) is 2.92. The highest BCUT2D eigenvalue weighted by Crippen LogP contribution is 2.30. The van der Waals surface area contributed by atoms with Gasteiger partial charge in [-0.05, 0) is 54.9 Å². The van der Waals surface area contributed by atoms with Crippen molar-refractivity contribution in [1.29, 1.82) is 0 Å². The van der Waals surface area contributed by atoms with Crippen LogP contribution in [0.3, 0.4) is 0 Å². The Bertz CT molecular complexity index is 620. The lowest BCUT2D eigenvalue weighted by Crippen LogP contribution is -2.39. The number of hydrogen-bond donors (Lipinski definition) is 2. The number of hydrogen-bond acceptors (Lipinski definition) is 4. The fourth-order valence-electron chi connectivity index (χ4n) is 2.92. The van der Waals surface area contributed by atoms with Gasteiger partial charge in [-0.1, -0.05) is 13.0 Å². The van der Waals surface area contributed by atoms with Crippen LogP contribution < -0.4 is 15.4 Å². The third-order valence-electron chi connectivity index (χ3n) is 4.47. The van der Waals surface area contributed by atoms with Gasteiger partial charge >= 0.3 is 0 Å². The summed E-state index contributed by atoms with van der Waals surface area (Å²) >= 11 is 0. The van der Waals surface area contributed by atoms with Gasteiger partial charge in [0, 0.05) is 18.1 Å². The smallest absolute Gasteiger partial charge is 0.133 e. The van der Waals surface area contributed by atoms with Crippen molar-refractivity contribution < 1.29 is 4.74 Å². The van der Waals surface area contributed by atoms with Crippen LogP contribution in [0.1, 0.15) is 19.8 Å². The average Bonchev–Trinajstić information content (AvgIpc) is 2.53. The quantitative estimate of drug-likeness (QED) is 0.906. The Labute approximate surface area is 125 Å². The van der Waals surface area contributed by atoms with E-state index < -0.39 is 0 Å². The van der Waals surface area contributed by atoms with Crippen LogP contribution in [0.25, 0.3) is 10.8 Å². The number of nitrogens with zero attached hydrogens (tertiary/aromatic N) is 1. The first kappa shape index (κ1) is 14.1. The van der Waals surface area contributed by atoms with Crippen molar-refractivity contribution >= 4 is 16.6 Å². The van der Waals surface area contributed by atoms with E-state index >= 15 is 0 Å². The van der Waals surface area contributed by atoms with Gasteiger partial charge in [0.15, 0.2) is 0 Å². The fraction of sp³-hybridized carbons (Fsp3) is 0.471. The number of benzene rings is 1. The zero-order valence-corrected chi connectivity index (χ0v) is 12.8. The molecule has 21 heavy (non-hydrogen) atoms. The first-order chi connectivity index (χ1) is 10.2. The molecule has 3 rings (SSSR count). The summed E-state index contributed by atoms with van der Waals surface area (Å²) in [7, 11) is 1.70. The van der Waals surface area contributed by atoms with E-state index in [1.807, 2.05) is 18.3 Å². The number of ether oxygens (including phenoxy) is 1. The van der Waals surface area contributed by atoms with Gasteiger partial charge in [0.1, 0.15) is 11.6 Å². The Hall–Kier alpha value is -1.81. The van der Waals surface area contributed by atoms with Crippen LogP contribution >= 0.6 is 0 Å². The molecule has 1 fully saturated rings. The molecule has 1 aliphatic rings. The minimum absolute atomic E-state index is 0.341. The summed E-state index contributed by atoms with van der Waals surface area (Å²) in [5.74, 6) is 1.82. The molecule has 0 saturated carbocycles. The molecule has 1 aromatic carbocycles. The van der Waals surface area contributed by atoms with Crippen molar-refractivity contribution in [3.05, 3.63) is 30.5 Å². The number of aromatic nitrogens is 1. The summed E-state index contributed by atoms with van der Waals surface area (Å²) in [6.45, 7) is 5.52. The van der Waals surface area contributed by atoms with Crippen LogP contribution in [0.2, 0.25) is 0 Å². The number of nitrogens with one attached hydrogen (secondary N) is 2. The normalized spacial score (nSPS) is 17.6. The molecule has 4 heteroatoms. The lowest BCUT2D eigenvalue weighted by atomic mass is 9.81. The van der Waals surface area contributed by atoms with Crippen LogP contribution in [0.5, 0.6) is 5.75 Å². The number of fused-ring (bicyclic) bond motifs is 1. The van der Waals surface area contributed by atoms with Crippen molar-refractivity contribution in [3.63, 3.8) is 0 Å². The zero-order chi connectivity index (χ0) is 14.7. The summed E-state index contributed by atoms with van der Waals surface area (Å²) in [5, 5.41) is 9.28. The van der Waals surface area contributed by atoms with Crippen molar-refractivity contribution in [2.75, 3.05) is 32.1 Å². The summed E-state index contributed by atoms with van der Waals surface area (Å²) in [6.07, 6.45) is 4.27. The number of piperidine rings is 1. The van der Waals surface area contributed by atoms with Crippen molar-refractivity contribution in [3.8, 4) is 5.75 Å². The molecule has 0 radical (unpaired) electrons. The zero-order valence-electron chi connectivity index (χ0n) is 12.8. The second-order valence-electron chi connectivity index (χ2n) is 6.16. The molecule has 4 nitrogen and oxygen atoms in total. The first-order valence-corrected chi connectivity index (χ1v) is 7.58. The number of rotatable bonds is 4. The highest BCUT2D eigenvalue weighted by atomic mass is 16.5. The molecule has 1 aromatic heterocycles. The van der Waals surface area contributed by atoms with Crippen molar-refractivity contribution in [1.82, 2.24) is 10.3 Å². The van der Waals surface area contributed by atoms with Gasteiger partial charge in [-0.3, -0.25) is 0 Å². The molecule has 0 bridgehead atoms. The largest absolute Gasteiger partial charge is 0.497 e. The van der Waals surface area contributed by atoms with E-state index in [4.69, 9.17) is 4.74 Å². The monoisotopic (exact) mass is 285 g/mol. The first-order valence-electron chi connectivity index (χ1n) is 7.58. The average molecular weight is 285 g/mol. The predicted molar refractivity (Wildman–Crippen MR) is 87.0 cm³/mol. The Morgan fingerprint density at radius 1 is 1.29 bits per heavy atom. The SMILES string of the molecule is COc1ccc2ccnc(NCC3(C)CCNCC3)c2c1. The van der Waals surface area contributed by atoms with Gasteiger partial charge in [0.25, 0.3) is 0 Å². The van der Waals surface area contributed by atoms with Crippen LogP contribution in [0.15, 0.2) is 30.5 Å². The number of anilines is 1. The second-order valence-corrected chi connectivity index (χ2v) is 6.16. The summed E-state index contributed by atoms with van der Waals surface area (Å²) < 4.78 is 5.33. The maximum Gasteiger partial charge on any atom is 0.133 e. The van der Waals surface area contributed by atoms with Crippen LogP contribution in [-0.4, -0.2) is 31.7 Å². The topological polar surface area (TPSA) is 46.2 Å². The van der Waals surface area contributed by atoms with Gasteiger partial charge in [-0.2, -0.15) is 0 Å². The standard InChI is InChI=1S/C17H23N3O/c1-17(6-9-18-10-7-17)12-20-16-15-11-14(21-2)4-3-13(15)5-8-19-16/h3-5,8,11,18H,6-7,9-10,12H2,1-2H3,(H,19,20). The summed E-state index contributed by atoms with van der Waals surface area (Å²) in [4.78, 5) is 4.52. The van der Waals surface area contributed by atoms with E-state index in [1.165, 1.54) is 18.2 Å². The minimum Gasteiger partial charge on any atom is -0.497 e. The van der Waals surface area contributed by atoms with Gasteiger partial charge in [0.2, 0.25) is 0 Å². The Kier molecular flexibility index (Phi) is 3.97. The minimum atomic E-state index is 0.341. The molecule has 0 unspecified atom stereocenters. The lowest BCUT2D eigenvalue weighted by Gasteiger charge is -2.34. The van der Waals surface area contributed by atoms with E-state index in [-0.39, 0.29) is 0 Å². The third kappa shape index (κ3) is 3.10. The highest BCUT2D eigenvalue weighted by molar-refractivity contribution is 5.92. The lowest BCUT2D eigenvalue weighted by molar-refractivity contribution is 0.247. The second kappa shape index (κ2) is 5.90. The molecule has 2 N–H and O–H groups in total. The molecule has 0 amide bonds. The molecule has 2 aromatic rings. The number of pyridine rings is 1. The molecule has 0 aliphatic carbocycles. The van der Waals surface area contributed by atoms with E-state index in [0.717, 1.165) is 36.6 Å². The number of methoxy groups -OCH3 is 1. The van der Waals surface area contributed by atoms with Crippen LogP contribution in [0.4, 0.5) is 5.82 Å². The molecule has 2 heterocycles. The van der Waals surface area contributed by atoms with Gasteiger partial charge < -0.3 is 15.4 Å². The molecule has 112 valence electrons. The van der Waals surface area contributed by atoms with Crippen molar-refractivity contribution in [2.24, 2.45) is 5.41 Å². The molecule has 0 atom stereocenters. The van der Waals surface area contributed by atoms with E-state index in [0.29, 0.717) is 5.41 Å². The Morgan fingerprint density at radius 3 is 2.86 bits per heavy atom. The molecule has 0 spiro atoms. The maximum atomic E-state index is 5.33. The molecule has 1 aliphatic heterocycles. The van der Waals surface area contributed by atoms with Crippen LogP contribution in [-0.2, 0) is 0 Å². The van der Waals surface area contributed by atoms with Crippen LogP contribution in [0, 0.1) is 5.41 Å². The molecule has 1 saturated heterocycles. The Balaban J connectivity index is 1.82. The summed E-state index contributed by atoms with van der Waals surface area (Å²) in [6, 6.07) is 8.15. The Morgan fingerprint density at radius 2 is 2.10 bits per heavy atom. The maximum absolute atomic E-state index is 5.33. The van der Waals surface area contributed by atoms with Gasteiger partial charge in [-0.25, -0.2) is 4.98 Å². The van der Waals surface area contributed by atoms with Gasteiger partial charge in [-0.15, -0.1) is 0 Å². The highest BCUT2D eigenvalue weighted by Gasteiger charge is 2.26. The van der Waals surface area contributed by atoms with E-state index in [2.05, 4.69) is 34.7 Å². The van der Waals surface area contributed by atoms with E-state index in [9.17, 15) is 0 Å². The molecular formula is C17H23N3O. The van der Waals surface area contributed by atoms with E-state index in [1.54, 1.807) is 7.11 Å².